The Morgan fingerprint density at radius 2 is 0.594 bits per heavy atom. The lowest BCUT2D eigenvalue weighted by Gasteiger charge is -2.27. The molecule has 0 aliphatic heterocycles. The van der Waals surface area contributed by atoms with Crippen molar-refractivity contribution in [3.05, 3.63) is 95.1 Å². The molecule has 0 spiro atoms. The highest BCUT2D eigenvalue weighted by atomic mass is 16.5. The van der Waals surface area contributed by atoms with Gasteiger partial charge in [0.1, 0.15) is 46.0 Å². The predicted molar refractivity (Wildman–Crippen MR) is 258 cm³/mol. The van der Waals surface area contributed by atoms with E-state index in [1.807, 2.05) is 76.2 Å². The second kappa shape index (κ2) is 26.5. The van der Waals surface area contributed by atoms with Crippen molar-refractivity contribution in [1.29, 1.82) is 0 Å². The van der Waals surface area contributed by atoms with Crippen molar-refractivity contribution in [2.24, 2.45) is 20.0 Å². The van der Waals surface area contributed by atoms with Gasteiger partial charge in [-0.25, -0.2) is 0 Å². The van der Waals surface area contributed by atoms with Gasteiger partial charge < -0.3 is 49.2 Å². The molecule has 0 unspecified atom stereocenters. The number of hydrogen-bond acceptors (Lipinski definition) is 14. The van der Waals surface area contributed by atoms with E-state index in [0.29, 0.717) is 71.4 Å². The van der Waals surface area contributed by atoms with Gasteiger partial charge in [-0.15, -0.1) is 0 Å². The molecule has 4 aromatic carbocycles. The molecule has 4 rings (SSSR count). The number of hydrogen-bond donors (Lipinski definition) is 4. The molecular formula is C50H68N6O8. The first-order valence-corrected chi connectivity index (χ1v) is 21.9. The Balaban J connectivity index is 1.45. The van der Waals surface area contributed by atoms with Crippen LogP contribution in [0.3, 0.4) is 0 Å². The summed E-state index contributed by atoms with van der Waals surface area (Å²) >= 11 is 0. The Labute approximate surface area is 379 Å². The van der Waals surface area contributed by atoms with Gasteiger partial charge in [0.05, 0.1) is 28.4 Å². The van der Waals surface area contributed by atoms with Crippen LogP contribution in [0.25, 0.3) is 0 Å². The van der Waals surface area contributed by atoms with E-state index >= 15 is 0 Å². The van der Waals surface area contributed by atoms with Crippen molar-refractivity contribution in [2.75, 3.05) is 93.9 Å². The third-order valence-corrected chi connectivity index (χ3v) is 11.0. The Kier molecular flexibility index (Phi) is 20.9. The average Bonchev–Trinajstić information content (AvgIpc) is 3.29. The van der Waals surface area contributed by atoms with Crippen LogP contribution in [-0.4, -0.2) is 147 Å². The lowest BCUT2D eigenvalue weighted by atomic mass is 10.1. The van der Waals surface area contributed by atoms with E-state index in [0.717, 1.165) is 87.8 Å². The minimum absolute atomic E-state index is 0.139. The smallest absolute Gasteiger partial charge is 0.128 e. The molecule has 0 atom stereocenters. The first kappa shape index (κ1) is 50.5. The van der Waals surface area contributed by atoms with E-state index in [1.54, 1.807) is 52.7 Å². The van der Waals surface area contributed by atoms with Gasteiger partial charge in [-0.1, -0.05) is 0 Å². The van der Waals surface area contributed by atoms with Crippen LogP contribution < -0.4 is 18.9 Å². The SMILES string of the molecule is COc1ccc(C(C)=NCCCN(CCCN=C(C)c2ccc(OC)cc2O)CCN(CCCN=C(C)c2ccc(OC)cc2O)CCCN=C(C)c2ccc(OC)cc2O)c(O)c1. The van der Waals surface area contributed by atoms with E-state index in [2.05, 4.69) is 9.80 Å². The number of methoxy groups -OCH3 is 4. The maximum atomic E-state index is 10.6. The summed E-state index contributed by atoms with van der Waals surface area (Å²) < 4.78 is 21.0. The molecule has 0 radical (unpaired) electrons. The van der Waals surface area contributed by atoms with Crippen molar-refractivity contribution in [3.8, 4) is 46.0 Å². The van der Waals surface area contributed by atoms with Crippen LogP contribution in [-0.2, 0) is 0 Å². The van der Waals surface area contributed by atoms with Gasteiger partial charge in [0.15, 0.2) is 0 Å². The first-order chi connectivity index (χ1) is 30.9. The van der Waals surface area contributed by atoms with E-state index in [1.165, 1.54) is 0 Å². The van der Waals surface area contributed by atoms with E-state index in [-0.39, 0.29) is 23.0 Å². The van der Waals surface area contributed by atoms with Crippen LogP contribution in [0.5, 0.6) is 46.0 Å². The van der Waals surface area contributed by atoms with E-state index < -0.39 is 0 Å². The molecule has 64 heavy (non-hydrogen) atoms. The van der Waals surface area contributed by atoms with Crippen LogP contribution >= 0.6 is 0 Å². The number of nitrogens with zero attached hydrogens (tertiary/aromatic N) is 6. The molecule has 0 aliphatic rings. The molecule has 0 bridgehead atoms. The van der Waals surface area contributed by atoms with Crippen LogP contribution in [0, 0.1) is 0 Å². The number of phenols is 4. The topological polar surface area (TPSA) is 174 Å². The van der Waals surface area contributed by atoms with E-state index in [4.69, 9.17) is 38.9 Å². The monoisotopic (exact) mass is 881 g/mol. The highest BCUT2D eigenvalue weighted by Crippen LogP contribution is 2.27. The van der Waals surface area contributed by atoms with Crippen molar-refractivity contribution in [1.82, 2.24) is 9.80 Å². The van der Waals surface area contributed by atoms with E-state index in [9.17, 15) is 20.4 Å². The summed E-state index contributed by atoms with van der Waals surface area (Å²) in [4.78, 5) is 24.1. The zero-order chi connectivity index (χ0) is 46.4. The number of ether oxygens (including phenoxy) is 4. The van der Waals surface area contributed by atoms with Gasteiger partial charge in [-0.05, 0) is 128 Å². The Morgan fingerprint density at radius 3 is 0.781 bits per heavy atom. The highest BCUT2D eigenvalue weighted by Gasteiger charge is 2.13. The number of benzene rings is 4. The number of aromatic hydroxyl groups is 4. The minimum atomic E-state index is 0.139. The maximum absolute atomic E-state index is 10.6. The van der Waals surface area contributed by atoms with Crippen molar-refractivity contribution in [2.45, 2.75) is 53.4 Å². The molecule has 346 valence electrons. The zero-order valence-corrected chi connectivity index (χ0v) is 38.9. The van der Waals surface area contributed by atoms with Crippen LogP contribution in [0.15, 0.2) is 92.8 Å². The number of phenolic OH excluding ortho intramolecular Hbond substituents is 4. The summed E-state index contributed by atoms with van der Waals surface area (Å²) in [6.07, 6.45) is 3.31. The first-order valence-electron chi connectivity index (χ1n) is 21.9. The molecule has 14 heteroatoms. The molecule has 0 saturated carbocycles. The molecule has 0 amide bonds. The fourth-order valence-electron chi connectivity index (χ4n) is 7.24. The van der Waals surface area contributed by atoms with Crippen LogP contribution in [0.4, 0.5) is 0 Å². The largest absolute Gasteiger partial charge is 0.507 e. The van der Waals surface area contributed by atoms with Crippen molar-refractivity contribution >= 4 is 22.8 Å². The predicted octanol–water partition coefficient (Wildman–Crippen LogP) is 8.04. The Bertz CT molecular complexity index is 1920. The van der Waals surface area contributed by atoms with Crippen LogP contribution in [0.2, 0.25) is 0 Å². The average molecular weight is 881 g/mol. The zero-order valence-electron chi connectivity index (χ0n) is 38.9. The lowest BCUT2D eigenvalue weighted by Crippen LogP contribution is -2.38. The van der Waals surface area contributed by atoms with Gasteiger partial charge in [-0.3, -0.25) is 20.0 Å². The van der Waals surface area contributed by atoms with Gasteiger partial charge >= 0.3 is 0 Å². The fraction of sp³-hybridized carbons (Fsp3) is 0.440. The molecular weight excluding hydrogens is 813 g/mol. The summed E-state index contributed by atoms with van der Waals surface area (Å²) in [5, 5.41) is 42.2. The molecule has 0 fully saturated rings. The molecule has 4 aromatic rings. The minimum Gasteiger partial charge on any atom is -0.507 e. The summed E-state index contributed by atoms with van der Waals surface area (Å²) in [7, 11) is 6.28. The molecule has 4 N–H and O–H groups in total. The second-order valence-electron chi connectivity index (χ2n) is 15.5. The maximum Gasteiger partial charge on any atom is 0.128 e. The van der Waals surface area contributed by atoms with Crippen molar-refractivity contribution < 1.29 is 39.4 Å². The summed E-state index contributed by atoms with van der Waals surface area (Å²) in [6.45, 7) is 15.0. The van der Waals surface area contributed by atoms with Gasteiger partial charge in [0.25, 0.3) is 0 Å². The number of aliphatic imine (C=N–C) groups is 4. The number of rotatable bonds is 27. The second-order valence-corrected chi connectivity index (χ2v) is 15.5. The van der Waals surface area contributed by atoms with Gasteiger partial charge in [0.2, 0.25) is 0 Å². The van der Waals surface area contributed by atoms with Crippen LogP contribution in [0.1, 0.15) is 75.6 Å². The molecule has 14 nitrogen and oxygen atoms in total. The fourth-order valence-corrected chi connectivity index (χ4v) is 7.24. The third-order valence-electron chi connectivity index (χ3n) is 11.0. The quantitative estimate of drug-likeness (QED) is 0.0339. The summed E-state index contributed by atoms with van der Waals surface area (Å²) in [5.41, 5.74) is 5.81. The molecule has 0 aliphatic carbocycles. The molecule has 0 heterocycles. The standard InChI is InChI=1S/C50H68N6O8/c1-35(43-17-13-39(61-5)31-47(43)57)51-21-9-25-55(26-10-22-52-36(2)44-18-14-40(62-6)32-48(44)58)29-30-56(27-11-23-53-37(3)45-19-15-41(63-7)33-49(45)59)28-12-24-54-38(4)46-20-16-42(64-8)34-50(46)60/h13-20,31-34,57-60H,9-12,21-30H2,1-8H3. The molecule has 0 aromatic heterocycles. The van der Waals surface area contributed by atoms with Gasteiger partial charge in [-0.2, -0.15) is 0 Å². The summed E-state index contributed by atoms with van der Waals surface area (Å²) in [5.74, 6) is 2.92. The molecule has 0 saturated heterocycles. The summed E-state index contributed by atoms with van der Waals surface area (Å²) in [6, 6.07) is 21.0. The van der Waals surface area contributed by atoms with Gasteiger partial charge in [0, 0.05) is 109 Å². The highest BCUT2D eigenvalue weighted by molar-refractivity contribution is 6.02. The lowest BCUT2D eigenvalue weighted by molar-refractivity contribution is 0.200. The third kappa shape index (κ3) is 15.9. The normalized spacial score (nSPS) is 12.6. The Hall–Kier alpha value is -6.12. The van der Waals surface area contributed by atoms with Crippen molar-refractivity contribution in [3.63, 3.8) is 0 Å². The Morgan fingerprint density at radius 1 is 0.375 bits per heavy atom.